The number of hydrogen-bond donors (Lipinski definition) is 3. The third-order valence-corrected chi connectivity index (χ3v) is 2.91. The highest BCUT2D eigenvalue weighted by molar-refractivity contribution is 5.96. The highest BCUT2D eigenvalue weighted by Gasteiger charge is 2.19. The van der Waals surface area contributed by atoms with Crippen molar-refractivity contribution < 1.29 is 14.3 Å². The summed E-state index contributed by atoms with van der Waals surface area (Å²) in [6.07, 6.45) is -0.799. The zero-order valence-electron chi connectivity index (χ0n) is 12.9. The molecule has 0 bridgehead atoms. The molecule has 2 unspecified atom stereocenters. The molecule has 0 aliphatic carbocycles. The minimum atomic E-state index is -0.799. The molecule has 6 heteroatoms. The van der Waals surface area contributed by atoms with Gasteiger partial charge in [-0.3, -0.25) is 10.1 Å². The lowest BCUT2D eigenvalue weighted by Crippen LogP contribution is -2.45. The molecule has 1 aromatic carbocycles. The van der Waals surface area contributed by atoms with Crippen LogP contribution in [0.3, 0.4) is 0 Å². The van der Waals surface area contributed by atoms with E-state index in [2.05, 4.69) is 10.6 Å². The minimum absolute atomic E-state index is 0.209. The molecule has 2 atom stereocenters. The maximum Gasteiger partial charge on any atom is 0.321 e. The molecule has 0 saturated heterocycles. The SMILES string of the molecule is CCNC(=O)NC(=O)C(C)Oc1cc(C)ccc1C(C)N. The van der Waals surface area contributed by atoms with Gasteiger partial charge < -0.3 is 15.8 Å². The van der Waals surface area contributed by atoms with Crippen LogP contribution in [0.4, 0.5) is 4.79 Å². The quantitative estimate of drug-likeness (QED) is 0.769. The Balaban J connectivity index is 2.78. The van der Waals surface area contributed by atoms with Crippen molar-refractivity contribution in [3.05, 3.63) is 29.3 Å². The second kappa shape index (κ2) is 7.64. The Bertz CT molecular complexity index is 515. The van der Waals surface area contributed by atoms with Gasteiger partial charge in [-0.05, 0) is 39.3 Å². The summed E-state index contributed by atoms with van der Waals surface area (Å²) in [6.45, 7) is 7.57. The number of carbonyl (C=O) groups is 2. The van der Waals surface area contributed by atoms with Gasteiger partial charge in [0.15, 0.2) is 6.10 Å². The molecule has 0 fully saturated rings. The molecule has 0 spiro atoms. The first kappa shape index (κ1) is 17.0. The van der Waals surface area contributed by atoms with Gasteiger partial charge in [0.1, 0.15) is 5.75 Å². The van der Waals surface area contributed by atoms with Gasteiger partial charge in [-0.15, -0.1) is 0 Å². The van der Waals surface area contributed by atoms with Crippen LogP contribution in [0.15, 0.2) is 18.2 Å². The summed E-state index contributed by atoms with van der Waals surface area (Å²) in [5, 5.41) is 4.71. The van der Waals surface area contributed by atoms with Crippen molar-refractivity contribution in [1.82, 2.24) is 10.6 Å². The predicted molar refractivity (Wildman–Crippen MR) is 81.1 cm³/mol. The van der Waals surface area contributed by atoms with Crippen molar-refractivity contribution in [1.29, 1.82) is 0 Å². The van der Waals surface area contributed by atoms with Crippen LogP contribution in [0.25, 0.3) is 0 Å². The van der Waals surface area contributed by atoms with E-state index in [0.717, 1.165) is 11.1 Å². The van der Waals surface area contributed by atoms with Crippen LogP contribution >= 0.6 is 0 Å². The fourth-order valence-electron chi connectivity index (χ4n) is 1.78. The topological polar surface area (TPSA) is 93.5 Å². The summed E-state index contributed by atoms with van der Waals surface area (Å²) in [4.78, 5) is 23.2. The van der Waals surface area contributed by atoms with Crippen molar-refractivity contribution in [3.8, 4) is 5.75 Å². The zero-order chi connectivity index (χ0) is 16.0. The third-order valence-electron chi connectivity index (χ3n) is 2.91. The van der Waals surface area contributed by atoms with E-state index in [1.54, 1.807) is 13.8 Å². The molecule has 6 nitrogen and oxygen atoms in total. The molecular weight excluding hydrogens is 270 g/mol. The molecule has 0 radical (unpaired) electrons. The Kier molecular flexibility index (Phi) is 6.17. The van der Waals surface area contributed by atoms with E-state index in [1.807, 2.05) is 32.0 Å². The normalized spacial score (nSPS) is 13.2. The highest BCUT2D eigenvalue weighted by Crippen LogP contribution is 2.26. The molecule has 3 amide bonds. The highest BCUT2D eigenvalue weighted by atomic mass is 16.5. The lowest BCUT2D eigenvalue weighted by molar-refractivity contribution is -0.126. The van der Waals surface area contributed by atoms with Gasteiger partial charge in [0.25, 0.3) is 5.91 Å². The number of imide groups is 1. The van der Waals surface area contributed by atoms with Gasteiger partial charge >= 0.3 is 6.03 Å². The molecule has 1 aromatic rings. The number of nitrogens with two attached hydrogens (primary N) is 1. The van der Waals surface area contributed by atoms with Gasteiger partial charge in [-0.1, -0.05) is 12.1 Å². The van der Waals surface area contributed by atoms with Gasteiger partial charge in [0.2, 0.25) is 0 Å². The molecule has 1 rings (SSSR count). The van der Waals surface area contributed by atoms with E-state index < -0.39 is 18.0 Å². The summed E-state index contributed by atoms with van der Waals surface area (Å²) >= 11 is 0. The van der Waals surface area contributed by atoms with Crippen LogP contribution in [0.5, 0.6) is 5.75 Å². The first-order valence-electron chi connectivity index (χ1n) is 6.96. The Morgan fingerprint density at radius 3 is 2.57 bits per heavy atom. The lowest BCUT2D eigenvalue weighted by atomic mass is 10.1. The summed E-state index contributed by atoms with van der Waals surface area (Å²) in [7, 11) is 0. The third kappa shape index (κ3) is 5.07. The Morgan fingerprint density at radius 2 is 2.00 bits per heavy atom. The molecule has 0 aliphatic heterocycles. The molecule has 4 N–H and O–H groups in total. The second-order valence-corrected chi connectivity index (χ2v) is 4.94. The largest absolute Gasteiger partial charge is 0.481 e. The number of aryl methyl sites for hydroxylation is 1. The fourth-order valence-corrected chi connectivity index (χ4v) is 1.78. The molecule has 0 saturated carbocycles. The first-order chi connectivity index (χ1) is 9.85. The summed E-state index contributed by atoms with van der Waals surface area (Å²) in [5.74, 6) is 0.0571. The van der Waals surface area contributed by atoms with E-state index >= 15 is 0 Å². The Labute approximate surface area is 125 Å². The van der Waals surface area contributed by atoms with Gasteiger partial charge in [-0.25, -0.2) is 4.79 Å². The Hall–Kier alpha value is -2.08. The van der Waals surface area contributed by atoms with Crippen LogP contribution in [0.2, 0.25) is 0 Å². The van der Waals surface area contributed by atoms with E-state index in [9.17, 15) is 9.59 Å². The van der Waals surface area contributed by atoms with Gasteiger partial charge in [0, 0.05) is 18.2 Å². The van der Waals surface area contributed by atoms with E-state index in [4.69, 9.17) is 10.5 Å². The second-order valence-electron chi connectivity index (χ2n) is 4.94. The number of hydrogen-bond acceptors (Lipinski definition) is 4. The van der Waals surface area contributed by atoms with Crippen LogP contribution in [0.1, 0.15) is 37.9 Å². The van der Waals surface area contributed by atoms with Crippen molar-refractivity contribution in [2.75, 3.05) is 6.54 Å². The molecule has 0 aliphatic rings. The van der Waals surface area contributed by atoms with Crippen LogP contribution in [-0.4, -0.2) is 24.6 Å². The predicted octanol–water partition coefficient (Wildman–Crippen LogP) is 1.63. The number of rotatable bonds is 5. The number of nitrogens with one attached hydrogen (secondary N) is 2. The van der Waals surface area contributed by atoms with E-state index in [-0.39, 0.29) is 6.04 Å². The summed E-state index contributed by atoms with van der Waals surface area (Å²) < 4.78 is 5.66. The maximum absolute atomic E-state index is 11.9. The van der Waals surface area contributed by atoms with Crippen molar-refractivity contribution in [2.45, 2.75) is 39.8 Å². The number of benzene rings is 1. The Morgan fingerprint density at radius 1 is 1.33 bits per heavy atom. The van der Waals surface area contributed by atoms with Crippen molar-refractivity contribution in [3.63, 3.8) is 0 Å². The maximum atomic E-state index is 11.9. The summed E-state index contributed by atoms with van der Waals surface area (Å²) in [6, 6.07) is 4.90. The van der Waals surface area contributed by atoms with Crippen LogP contribution in [0, 0.1) is 6.92 Å². The number of carbonyl (C=O) groups excluding carboxylic acids is 2. The van der Waals surface area contributed by atoms with Crippen LogP contribution in [-0.2, 0) is 4.79 Å². The molecule has 21 heavy (non-hydrogen) atoms. The molecule has 0 aromatic heterocycles. The van der Waals surface area contributed by atoms with Crippen molar-refractivity contribution >= 4 is 11.9 Å². The average molecular weight is 293 g/mol. The average Bonchev–Trinajstić information content (AvgIpc) is 2.38. The van der Waals surface area contributed by atoms with E-state index in [0.29, 0.717) is 12.3 Å². The molecular formula is C15H23N3O3. The zero-order valence-corrected chi connectivity index (χ0v) is 12.9. The number of urea groups is 1. The van der Waals surface area contributed by atoms with E-state index in [1.165, 1.54) is 0 Å². The fraction of sp³-hybridized carbons (Fsp3) is 0.467. The monoisotopic (exact) mass is 293 g/mol. The smallest absolute Gasteiger partial charge is 0.321 e. The van der Waals surface area contributed by atoms with Gasteiger partial charge in [0.05, 0.1) is 0 Å². The first-order valence-corrected chi connectivity index (χ1v) is 6.96. The van der Waals surface area contributed by atoms with Crippen LogP contribution < -0.4 is 21.1 Å². The number of amides is 3. The summed E-state index contributed by atoms with van der Waals surface area (Å²) in [5.41, 5.74) is 7.72. The van der Waals surface area contributed by atoms with Gasteiger partial charge in [-0.2, -0.15) is 0 Å². The lowest BCUT2D eigenvalue weighted by Gasteiger charge is -2.19. The minimum Gasteiger partial charge on any atom is -0.481 e. The number of ether oxygens (including phenoxy) is 1. The van der Waals surface area contributed by atoms with Crippen molar-refractivity contribution in [2.24, 2.45) is 5.73 Å². The molecule has 116 valence electrons. The standard InChI is InChI=1S/C15H23N3O3/c1-5-17-15(20)18-14(19)11(4)21-13-8-9(2)6-7-12(13)10(3)16/h6-8,10-11H,5,16H2,1-4H3,(H2,17,18,19,20). The molecule has 0 heterocycles.